The first-order valence-electron chi connectivity index (χ1n) is 20.7. The van der Waals surface area contributed by atoms with Crippen molar-refractivity contribution in [3.8, 4) is 0 Å². The molecule has 2 aliphatic carbocycles. The van der Waals surface area contributed by atoms with Gasteiger partial charge in [-0.05, 0) is 95.5 Å². The zero-order chi connectivity index (χ0) is 47.4. The van der Waals surface area contributed by atoms with Gasteiger partial charge in [0.05, 0.1) is 53.1 Å². The van der Waals surface area contributed by atoms with E-state index in [1.54, 1.807) is 65.6 Å². The summed E-state index contributed by atoms with van der Waals surface area (Å²) in [5.41, 5.74) is 5.32. The lowest BCUT2D eigenvalue weighted by atomic mass is 9.73. The summed E-state index contributed by atoms with van der Waals surface area (Å²) in [6, 6.07) is 17.9. The molecule has 4 aliphatic rings. The number of methoxy groups -OCH3 is 1. The number of halogens is 4. The van der Waals surface area contributed by atoms with Gasteiger partial charge in [0.15, 0.2) is 11.6 Å². The number of aromatic carboxylic acids is 1. The van der Waals surface area contributed by atoms with Crippen LogP contribution in [0.1, 0.15) is 126 Å². The Labute approximate surface area is 411 Å². The van der Waals surface area contributed by atoms with Crippen molar-refractivity contribution in [1.29, 1.82) is 0 Å². The molecule has 0 spiro atoms. The first-order valence-corrected chi connectivity index (χ1v) is 22.2. The quantitative estimate of drug-likeness (QED) is 0.168. The molecule has 0 aromatic heterocycles. The number of carbonyl (C=O) groups excluding carboxylic acids is 5. The van der Waals surface area contributed by atoms with Crippen LogP contribution < -0.4 is 20.4 Å². The predicted molar refractivity (Wildman–Crippen MR) is 267 cm³/mol. The van der Waals surface area contributed by atoms with E-state index in [2.05, 4.69) is 10.6 Å². The molecule has 4 aromatic carbocycles. The third-order valence-corrected chi connectivity index (χ3v) is 13.0. The van der Waals surface area contributed by atoms with Gasteiger partial charge in [-0.25, -0.2) is 9.59 Å². The summed E-state index contributed by atoms with van der Waals surface area (Å²) in [4.78, 5) is 79.8. The Bertz CT molecular complexity index is 2800. The van der Waals surface area contributed by atoms with Gasteiger partial charge in [-0.3, -0.25) is 29.0 Å². The molecule has 2 unspecified atom stereocenters. The van der Waals surface area contributed by atoms with E-state index in [0.29, 0.717) is 108 Å². The van der Waals surface area contributed by atoms with Crippen LogP contribution in [0.5, 0.6) is 0 Å². The second-order valence-corrected chi connectivity index (χ2v) is 19.8. The zero-order valence-corrected chi connectivity index (χ0v) is 39.6. The molecule has 0 saturated carbocycles. The smallest absolute Gasteiger partial charge is 0.337 e. The Morgan fingerprint density at radius 1 is 0.612 bits per heavy atom. The van der Waals surface area contributed by atoms with E-state index in [9.17, 15) is 33.9 Å². The van der Waals surface area contributed by atoms with Crippen LogP contribution >= 0.6 is 46.4 Å². The van der Waals surface area contributed by atoms with Crippen molar-refractivity contribution in [1.82, 2.24) is 0 Å². The van der Waals surface area contributed by atoms with E-state index < -0.39 is 24.0 Å². The highest BCUT2D eigenvalue weighted by Gasteiger charge is 2.45. The summed E-state index contributed by atoms with van der Waals surface area (Å²) in [5.74, 6) is -2.30. The average molecular weight is 993 g/mol. The molecule has 0 radical (unpaired) electrons. The van der Waals surface area contributed by atoms with E-state index >= 15 is 0 Å². The van der Waals surface area contributed by atoms with Gasteiger partial charge >= 0.3 is 11.9 Å². The molecule has 16 heteroatoms. The predicted octanol–water partition coefficient (Wildman–Crippen LogP) is 13.1. The van der Waals surface area contributed by atoms with E-state index in [-0.39, 0.29) is 54.6 Å². The minimum atomic E-state index is -1.08. The molecular weight excluding hydrogens is 938 g/mol. The zero-order valence-electron chi connectivity index (χ0n) is 36.6. The second kappa shape index (κ2) is 19.9. The number of allylic oxidation sites excluding steroid dienone is 2. The van der Waals surface area contributed by atoms with Crippen molar-refractivity contribution in [2.45, 2.75) is 94.2 Å². The number of amides is 2. The number of carboxylic acids is 1. The lowest BCUT2D eigenvalue weighted by Gasteiger charge is -2.37. The van der Waals surface area contributed by atoms with E-state index in [4.69, 9.17) is 51.1 Å². The molecule has 67 heavy (non-hydrogen) atoms. The maximum Gasteiger partial charge on any atom is 0.337 e. The van der Waals surface area contributed by atoms with Crippen LogP contribution in [0.25, 0.3) is 0 Å². The molecule has 2 atom stereocenters. The van der Waals surface area contributed by atoms with Crippen molar-refractivity contribution < 1.29 is 38.6 Å². The summed E-state index contributed by atoms with van der Waals surface area (Å²) in [7, 11) is 1.31. The summed E-state index contributed by atoms with van der Waals surface area (Å²) in [6.45, 7) is 10.9. The molecule has 2 heterocycles. The van der Waals surface area contributed by atoms with Gasteiger partial charge in [-0.2, -0.15) is 0 Å². The van der Waals surface area contributed by atoms with Crippen LogP contribution in [0.3, 0.4) is 0 Å². The molecule has 0 bridgehead atoms. The Balaban J connectivity index is 0.000000244. The third-order valence-electron chi connectivity index (χ3n) is 11.8. The number of ether oxygens (including phenoxy) is 1. The van der Waals surface area contributed by atoms with Gasteiger partial charge in [0.25, 0.3) is 0 Å². The van der Waals surface area contributed by atoms with Gasteiger partial charge in [0.1, 0.15) is 0 Å². The lowest BCUT2D eigenvalue weighted by molar-refractivity contribution is -0.120. The highest BCUT2D eigenvalue weighted by atomic mass is 35.5. The van der Waals surface area contributed by atoms with Crippen molar-refractivity contribution >= 4 is 104 Å². The topological polar surface area (TPSA) is 162 Å². The number of rotatable bonds is 4. The van der Waals surface area contributed by atoms with Gasteiger partial charge in [0, 0.05) is 69.3 Å². The van der Waals surface area contributed by atoms with Gasteiger partial charge in [-0.1, -0.05) is 101 Å². The monoisotopic (exact) mass is 990 g/mol. The largest absolute Gasteiger partial charge is 0.478 e. The fourth-order valence-electron chi connectivity index (χ4n) is 9.20. The third kappa shape index (κ3) is 10.4. The standard InChI is InChI=1S/C25H24Cl2N2O4.C24H22Cl2N2O4.2CH4/c1-13(30)29-20-8-5-14(24(32)33-4)9-18(20)28-19-11-25(2,3)12-21(31)22(19)23(29)16-7-6-15(26)10-17(16)27;1-12(29)28-19-7-4-13(23(31)32)8-17(19)27-18-10-24(2,3)11-20(30)21(18)22(28)15-6-5-14(25)9-16(15)26;;/h5-10,23,28H,11-12H2,1-4H3;4-9,22,27H,10-11H2,1-3H3,(H,31,32);2*1H4. The summed E-state index contributed by atoms with van der Waals surface area (Å²) >= 11 is 25.4. The first kappa shape index (κ1) is 52.3. The van der Waals surface area contributed by atoms with Crippen LogP contribution in [0.2, 0.25) is 20.1 Å². The number of hydrogen-bond donors (Lipinski definition) is 3. The Morgan fingerprint density at radius 2 is 1.00 bits per heavy atom. The fraction of sp³-hybridized carbons (Fsp3) is 0.333. The molecule has 0 saturated heterocycles. The number of hydrogen-bond acceptors (Lipinski definition) is 9. The molecular formula is C51H54Cl4N4O8. The molecule has 2 aliphatic heterocycles. The minimum Gasteiger partial charge on any atom is -0.478 e. The Morgan fingerprint density at radius 3 is 1.36 bits per heavy atom. The van der Waals surface area contributed by atoms with Crippen LogP contribution in [-0.2, 0) is 23.9 Å². The number of carbonyl (C=O) groups is 6. The summed E-state index contributed by atoms with van der Waals surface area (Å²) in [6.07, 6.45) is 1.80. The van der Waals surface area contributed by atoms with Crippen molar-refractivity contribution in [2.75, 3.05) is 27.5 Å². The fourth-order valence-corrected chi connectivity index (χ4v) is 10.2. The van der Waals surface area contributed by atoms with Gasteiger partial charge in [0.2, 0.25) is 11.8 Å². The van der Waals surface area contributed by atoms with Crippen molar-refractivity contribution in [3.63, 3.8) is 0 Å². The number of esters is 1. The molecule has 8 rings (SSSR count). The molecule has 4 aromatic rings. The minimum absolute atomic E-state index is 0. The van der Waals surface area contributed by atoms with Crippen LogP contribution in [-0.4, -0.2) is 47.5 Å². The summed E-state index contributed by atoms with van der Waals surface area (Å²) < 4.78 is 4.86. The lowest BCUT2D eigenvalue weighted by Crippen LogP contribution is -2.38. The average Bonchev–Trinajstić information content (AvgIpc) is 3.43. The number of carboxylic acid groups (broad SMARTS) is 1. The normalized spacial score (nSPS) is 18.9. The van der Waals surface area contributed by atoms with E-state index in [0.717, 1.165) is 0 Å². The highest BCUT2D eigenvalue weighted by Crippen LogP contribution is 2.52. The maximum atomic E-state index is 13.5. The number of anilines is 4. The van der Waals surface area contributed by atoms with Crippen LogP contribution in [0, 0.1) is 10.8 Å². The number of nitrogens with zero attached hydrogens (tertiary/aromatic N) is 2. The number of ketones is 2. The van der Waals surface area contributed by atoms with Crippen molar-refractivity contribution in [3.05, 3.63) is 138 Å². The number of benzene rings is 4. The van der Waals surface area contributed by atoms with E-state index in [1.807, 2.05) is 27.7 Å². The van der Waals surface area contributed by atoms with E-state index in [1.165, 1.54) is 38.0 Å². The van der Waals surface area contributed by atoms with Crippen LogP contribution in [0.15, 0.2) is 95.3 Å². The molecule has 354 valence electrons. The SMILES string of the molecule is C.C.CC(=O)N1c2ccc(C(=O)O)cc2NC2=C(C(=O)CC(C)(C)C2)C1c1ccc(Cl)cc1Cl.COC(=O)c1ccc2c(c1)NC1=C(C(=O)CC(C)(C)C1)C(c1ccc(Cl)cc1Cl)N2C(C)=O. The van der Waals surface area contributed by atoms with Crippen LogP contribution in [0.4, 0.5) is 22.7 Å². The highest BCUT2D eigenvalue weighted by molar-refractivity contribution is 6.36. The molecule has 12 nitrogen and oxygen atoms in total. The first-order chi connectivity index (χ1) is 30.5. The number of nitrogens with one attached hydrogen (secondary N) is 2. The van der Waals surface area contributed by atoms with Crippen molar-refractivity contribution in [2.24, 2.45) is 10.8 Å². The summed E-state index contributed by atoms with van der Waals surface area (Å²) in [5, 5.41) is 17.7. The Kier molecular flexibility index (Phi) is 15.5. The maximum absolute atomic E-state index is 13.5. The number of fused-ring (bicyclic) bond motifs is 2. The molecule has 3 N–H and O–H groups in total. The molecule has 0 fully saturated rings. The Hall–Kier alpha value is -5.66. The molecule has 2 amide bonds. The second-order valence-electron chi connectivity index (χ2n) is 18.1. The van der Waals surface area contributed by atoms with Gasteiger partial charge < -0.3 is 20.5 Å². The van der Waals surface area contributed by atoms with Gasteiger partial charge in [-0.15, -0.1) is 0 Å². The number of Topliss-reactive ketones (excluding diaryl/α,β-unsaturated/α-hetero) is 2.